The summed E-state index contributed by atoms with van der Waals surface area (Å²) in [6.07, 6.45) is 1.79. The zero-order valence-corrected chi connectivity index (χ0v) is 25.7. The van der Waals surface area contributed by atoms with Crippen molar-refractivity contribution in [2.45, 2.75) is 70.9 Å². The molecule has 41 heavy (non-hydrogen) atoms. The first-order chi connectivity index (χ1) is 19.4. The zero-order valence-electron chi connectivity index (χ0n) is 24.1. The molecule has 11 heteroatoms. The second-order valence-corrected chi connectivity index (χ2v) is 13.5. The maximum Gasteiger partial charge on any atom is 0.347 e. The predicted molar refractivity (Wildman–Crippen MR) is 159 cm³/mol. The lowest BCUT2D eigenvalue weighted by molar-refractivity contribution is -0.149. The van der Waals surface area contributed by atoms with Crippen molar-refractivity contribution in [1.29, 1.82) is 0 Å². The van der Waals surface area contributed by atoms with E-state index in [1.807, 2.05) is 19.1 Å². The number of ether oxygens (including phenoxy) is 1. The third-order valence-electron chi connectivity index (χ3n) is 7.33. The summed E-state index contributed by atoms with van der Waals surface area (Å²) >= 11 is 1.01. The molecular formula is C30H37N3O6S2. The average Bonchev–Trinajstić information content (AvgIpc) is 3.34. The van der Waals surface area contributed by atoms with E-state index in [1.165, 1.54) is 9.87 Å². The number of thiazole rings is 1. The number of sulfonamides is 1. The molecule has 0 bridgehead atoms. The molecule has 0 radical (unpaired) electrons. The van der Waals surface area contributed by atoms with Crippen molar-refractivity contribution in [3.8, 4) is 0 Å². The number of piperazine rings is 1. The monoisotopic (exact) mass is 599 g/mol. The molecular weight excluding hydrogens is 562 g/mol. The second kappa shape index (κ2) is 12.7. The standard InChI is InChI=1S/C30H37N3O6S2/c1-6-7-22-8-12-25(13-9-22)41(37,38)33-15-14-32(30-31-21(5)27(40-30)28(34)35)17-26(33)29(36)39-18-24-11-10-23(19(2)3)16-20(24)4/h8-13,16,19,26H,6-7,14-15,17-18H2,1-5H3,(H,34,35)/t26-/m1/s1. The van der Waals surface area contributed by atoms with E-state index in [9.17, 15) is 23.1 Å². The van der Waals surface area contributed by atoms with Crippen molar-refractivity contribution >= 4 is 38.4 Å². The lowest BCUT2D eigenvalue weighted by atomic mass is 9.98. The van der Waals surface area contributed by atoms with E-state index in [-0.39, 0.29) is 36.0 Å². The van der Waals surface area contributed by atoms with Crippen LogP contribution >= 0.6 is 11.3 Å². The molecule has 3 aromatic rings. The third kappa shape index (κ3) is 6.79. The number of carboxylic acid groups (broad SMARTS) is 1. The van der Waals surface area contributed by atoms with Gasteiger partial charge in [-0.1, -0.05) is 68.9 Å². The van der Waals surface area contributed by atoms with E-state index < -0.39 is 28.0 Å². The van der Waals surface area contributed by atoms with Crippen LogP contribution in [0.25, 0.3) is 0 Å². The maximum atomic E-state index is 13.8. The molecule has 0 saturated carbocycles. The van der Waals surface area contributed by atoms with E-state index in [0.717, 1.165) is 40.9 Å². The first-order valence-electron chi connectivity index (χ1n) is 13.7. The van der Waals surface area contributed by atoms with Gasteiger partial charge in [-0.3, -0.25) is 4.79 Å². The van der Waals surface area contributed by atoms with Crippen molar-refractivity contribution in [2.75, 3.05) is 24.5 Å². The maximum absolute atomic E-state index is 13.8. The Bertz CT molecular complexity index is 1520. The summed E-state index contributed by atoms with van der Waals surface area (Å²) in [5, 5.41) is 9.91. The number of aryl methyl sites for hydroxylation is 3. The molecule has 0 spiro atoms. The number of carbonyl (C=O) groups excluding carboxylic acids is 1. The quantitative estimate of drug-likeness (QED) is 0.318. The van der Waals surface area contributed by atoms with E-state index in [2.05, 4.69) is 31.8 Å². The number of hydrogen-bond acceptors (Lipinski definition) is 8. The lowest BCUT2D eigenvalue weighted by Gasteiger charge is -2.39. The number of nitrogens with zero attached hydrogens (tertiary/aromatic N) is 3. The van der Waals surface area contributed by atoms with Crippen LogP contribution in [0.2, 0.25) is 0 Å². The summed E-state index contributed by atoms with van der Waals surface area (Å²) in [6, 6.07) is 11.6. The summed E-state index contributed by atoms with van der Waals surface area (Å²) in [7, 11) is -4.02. The fourth-order valence-corrected chi connectivity index (χ4v) is 7.37. The minimum absolute atomic E-state index is 0.0107. The van der Waals surface area contributed by atoms with Gasteiger partial charge in [-0.15, -0.1) is 0 Å². The molecule has 1 aliphatic rings. The molecule has 4 rings (SSSR count). The van der Waals surface area contributed by atoms with Gasteiger partial charge in [-0.2, -0.15) is 4.31 Å². The number of aromatic carboxylic acids is 1. The molecule has 2 aromatic carbocycles. The number of anilines is 1. The Morgan fingerprint density at radius 2 is 1.83 bits per heavy atom. The Balaban J connectivity index is 1.61. The van der Waals surface area contributed by atoms with Crippen LogP contribution in [0, 0.1) is 13.8 Å². The van der Waals surface area contributed by atoms with E-state index in [4.69, 9.17) is 4.74 Å². The molecule has 9 nitrogen and oxygen atoms in total. The van der Waals surface area contributed by atoms with Crippen LogP contribution in [0.3, 0.4) is 0 Å². The van der Waals surface area contributed by atoms with Gasteiger partial charge in [0.25, 0.3) is 0 Å². The van der Waals surface area contributed by atoms with Crippen LogP contribution in [-0.2, 0) is 32.6 Å². The van der Waals surface area contributed by atoms with Crippen LogP contribution in [0.1, 0.15) is 70.7 Å². The lowest BCUT2D eigenvalue weighted by Crippen LogP contribution is -2.58. The van der Waals surface area contributed by atoms with Crippen molar-refractivity contribution in [2.24, 2.45) is 0 Å². The largest absolute Gasteiger partial charge is 0.477 e. The zero-order chi connectivity index (χ0) is 29.9. The first-order valence-corrected chi connectivity index (χ1v) is 16.0. The Kier molecular flexibility index (Phi) is 9.51. The summed E-state index contributed by atoms with van der Waals surface area (Å²) in [4.78, 5) is 31.5. The number of carboxylic acids is 1. The summed E-state index contributed by atoms with van der Waals surface area (Å²) in [6.45, 7) is 10.1. The number of rotatable bonds is 10. The summed E-state index contributed by atoms with van der Waals surface area (Å²) < 4.78 is 34.5. The minimum Gasteiger partial charge on any atom is -0.477 e. The van der Waals surface area contributed by atoms with Crippen molar-refractivity contribution in [1.82, 2.24) is 9.29 Å². The number of hydrogen-bond donors (Lipinski definition) is 1. The first kappa shape index (κ1) is 30.7. The fraction of sp³-hybridized carbons (Fsp3) is 0.433. The SMILES string of the molecule is CCCc1ccc(S(=O)(=O)N2CCN(c3nc(C)c(C(=O)O)s3)C[C@@H]2C(=O)OCc2ccc(C(C)C)cc2C)cc1. The molecule has 2 heterocycles. The number of esters is 1. The van der Waals surface area contributed by atoms with Crippen molar-refractivity contribution in [3.05, 3.63) is 75.3 Å². The highest BCUT2D eigenvalue weighted by Crippen LogP contribution is 2.31. The van der Waals surface area contributed by atoms with Gasteiger partial charge in [0.2, 0.25) is 10.0 Å². The normalized spacial score (nSPS) is 16.2. The molecule has 1 N–H and O–H groups in total. The van der Waals surface area contributed by atoms with Gasteiger partial charge in [0.05, 0.1) is 10.6 Å². The van der Waals surface area contributed by atoms with Crippen LogP contribution in [-0.4, -0.2) is 60.4 Å². The Morgan fingerprint density at radius 1 is 1.12 bits per heavy atom. The summed E-state index contributed by atoms with van der Waals surface area (Å²) in [5.74, 6) is -1.38. The highest BCUT2D eigenvalue weighted by atomic mass is 32.2. The molecule has 1 atom stereocenters. The van der Waals surface area contributed by atoms with Gasteiger partial charge in [-0.25, -0.2) is 18.2 Å². The number of carbonyl (C=O) groups is 2. The topological polar surface area (TPSA) is 117 Å². The highest BCUT2D eigenvalue weighted by molar-refractivity contribution is 7.89. The number of aromatic nitrogens is 1. The fourth-order valence-electron chi connectivity index (χ4n) is 4.87. The van der Waals surface area contributed by atoms with E-state index >= 15 is 0 Å². The molecule has 220 valence electrons. The van der Waals surface area contributed by atoms with Gasteiger partial charge in [-0.05, 0) is 60.6 Å². The Hall–Kier alpha value is -3.28. The van der Waals surface area contributed by atoms with Gasteiger partial charge < -0.3 is 14.7 Å². The van der Waals surface area contributed by atoms with Gasteiger partial charge in [0.1, 0.15) is 17.5 Å². The third-order valence-corrected chi connectivity index (χ3v) is 10.5. The second-order valence-electron chi connectivity index (χ2n) is 10.6. The molecule has 0 aliphatic carbocycles. The van der Waals surface area contributed by atoms with Gasteiger partial charge in [0.15, 0.2) is 5.13 Å². The van der Waals surface area contributed by atoms with Crippen LogP contribution in [0.4, 0.5) is 5.13 Å². The molecule has 1 aliphatic heterocycles. The average molecular weight is 600 g/mol. The van der Waals surface area contributed by atoms with Crippen LogP contribution < -0.4 is 4.90 Å². The summed E-state index contributed by atoms with van der Waals surface area (Å²) in [5.41, 5.74) is 4.43. The van der Waals surface area contributed by atoms with E-state index in [0.29, 0.717) is 16.7 Å². The Morgan fingerprint density at radius 3 is 2.41 bits per heavy atom. The highest BCUT2D eigenvalue weighted by Gasteiger charge is 2.42. The Labute approximate surface area is 245 Å². The number of benzene rings is 2. The molecule has 1 saturated heterocycles. The molecule has 1 aromatic heterocycles. The molecule has 0 amide bonds. The van der Waals surface area contributed by atoms with E-state index in [1.54, 1.807) is 36.1 Å². The van der Waals surface area contributed by atoms with Crippen LogP contribution in [0.5, 0.6) is 0 Å². The van der Waals surface area contributed by atoms with Gasteiger partial charge in [0, 0.05) is 19.6 Å². The smallest absolute Gasteiger partial charge is 0.347 e. The van der Waals surface area contributed by atoms with Gasteiger partial charge >= 0.3 is 11.9 Å². The van der Waals surface area contributed by atoms with Crippen molar-refractivity contribution < 1.29 is 27.9 Å². The predicted octanol–water partition coefficient (Wildman–Crippen LogP) is 5.16. The molecule has 1 fully saturated rings. The minimum atomic E-state index is -4.02. The van der Waals surface area contributed by atoms with Crippen LogP contribution in [0.15, 0.2) is 47.4 Å². The molecule has 0 unspecified atom stereocenters. The van der Waals surface area contributed by atoms with Crippen molar-refractivity contribution in [3.63, 3.8) is 0 Å².